The Bertz CT molecular complexity index is 472. The summed E-state index contributed by atoms with van der Waals surface area (Å²) in [6, 6.07) is 0. The lowest BCUT2D eigenvalue weighted by molar-refractivity contribution is 0.507. The van der Waals surface area contributed by atoms with Crippen LogP contribution < -0.4 is 5.73 Å². The summed E-state index contributed by atoms with van der Waals surface area (Å²) < 4.78 is 7.41. The Morgan fingerprint density at radius 2 is 2.31 bits per heavy atom. The molecule has 0 aromatic carbocycles. The molecule has 0 saturated heterocycles. The van der Waals surface area contributed by atoms with E-state index in [-0.39, 0.29) is 0 Å². The van der Waals surface area contributed by atoms with Crippen LogP contribution in [0.25, 0.3) is 11.3 Å². The fourth-order valence-corrected chi connectivity index (χ4v) is 1.68. The van der Waals surface area contributed by atoms with Crippen molar-refractivity contribution in [3.63, 3.8) is 0 Å². The van der Waals surface area contributed by atoms with Gasteiger partial charge < -0.3 is 10.2 Å². The molecule has 0 unspecified atom stereocenters. The first kappa shape index (κ1) is 10.9. The molecule has 0 radical (unpaired) electrons. The van der Waals surface area contributed by atoms with Gasteiger partial charge in [-0.25, -0.2) is 4.98 Å². The molecule has 0 atom stereocenters. The Kier molecular flexibility index (Phi) is 3.05. The van der Waals surface area contributed by atoms with Crippen molar-refractivity contribution in [1.29, 1.82) is 0 Å². The van der Waals surface area contributed by atoms with Crippen LogP contribution in [0, 0.1) is 0 Å². The average Bonchev–Trinajstić information content (AvgIpc) is 2.85. The maximum atomic E-state index is 5.62. The van der Waals surface area contributed by atoms with Crippen molar-refractivity contribution in [2.45, 2.75) is 19.8 Å². The van der Waals surface area contributed by atoms with E-state index in [0.29, 0.717) is 18.9 Å². The first-order valence-corrected chi connectivity index (χ1v) is 5.42. The second-order valence-corrected chi connectivity index (χ2v) is 3.67. The fourth-order valence-electron chi connectivity index (χ4n) is 1.68. The van der Waals surface area contributed by atoms with E-state index in [4.69, 9.17) is 10.2 Å². The number of aromatic nitrogens is 3. The SMILES string of the molecule is CCc1nn(C)cc1-c1cnc(CCN)o1. The molecule has 0 fully saturated rings. The van der Waals surface area contributed by atoms with Gasteiger partial charge in [0.15, 0.2) is 11.7 Å². The zero-order chi connectivity index (χ0) is 11.5. The van der Waals surface area contributed by atoms with Gasteiger partial charge in [-0.3, -0.25) is 4.68 Å². The van der Waals surface area contributed by atoms with Gasteiger partial charge in [-0.1, -0.05) is 6.92 Å². The first-order valence-electron chi connectivity index (χ1n) is 5.42. The minimum absolute atomic E-state index is 0.549. The maximum Gasteiger partial charge on any atom is 0.196 e. The number of nitrogens with two attached hydrogens (primary N) is 1. The van der Waals surface area contributed by atoms with Gasteiger partial charge in [0, 0.05) is 26.2 Å². The summed E-state index contributed by atoms with van der Waals surface area (Å²) in [5.41, 5.74) is 7.49. The highest BCUT2D eigenvalue weighted by molar-refractivity contribution is 5.58. The molecule has 86 valence electrons. The Balaban J connectivity index is 2.34. The van der Waals surface area contributed by atoms with Crippen LogP contribution in [0.2, 0.25) is 0 Å². The second-order valence-electron chi connectivity index (χ2n) is 3.67. The van der Waals surface area contributed by atoms with Gasteiger partial charge in [0.1, 0.15) is 0 Å². The Morgan fingerprint density at radius 3 is 3.00 bits per heavy atom. The summed E-state index contributed by atoms with van der Waals surface area (Å²) in [6.45, 7) is 2.62. The normalized spacial score (nSPS) is 10.9. The highest BCUT2D eigenvalue weighted by Crippen LogP contribution is 2.23. The van der Waals surface area contributed by atoms with Gasteiger partial charge in [-0.2, -0.15) is 5.10 Å². The molecule has 0 spiro atoms. The number of hydrogen-bond donors (Lipinski definition) is 1. The highest BCUT2D eigenvalue weighted by atomic mass is 16.4. The molecule has 2 aromatic rings. The quantitative estimate of drug-likeness (QED) is 0.838. The zero-order valence-corrected chi connectivity index (χ0v) is 9.60. The van der Waals surface area contributed by atoms with E-state index < -0.39 is 0 Å². The summed E-state index contributed by atoms with van der Waals surface area (Å²) in [5.74, 6) is 1.46. The molecule has 2 aromatic heterocycles. The zero-order valence-electron chi connectivity index (χ0n) is 9.60. The largest absolute Gasteiger partial charge is 0.441 e. The molecular weight excluding hydrogens is 204 g/mol. The topological polar surface area (TPSA) is 69.9 Å². The average molecular weight is 220 g/mol. The van der Waals surface area contributed by atoms with Crippen molar-refractivity contribution in [3.8, 4) is 11.3 Å². The number of nitrogens with zero attached hydrogens (tertiary/aromatic N) is 3. The number of hydrogen-bond acceptors (Lipinski definition) is 4. The van der Waals surface area contributed by atoms with E-state index in [1.165, 1.54) is 0 Å². The van der Waals surface area contributed by atoms with Crippen LogP contribution in [0.3, 0.4) is 0 Å². The molecule has 0 aliphatic carbocycles. The minimum Gasteiger partial charge on any atom is -0.441 e. The lowest BCUT2D eigenvalue weighted by Gasteiger charge is -1.94. The molecule has 5 heteroatoms. The van der Waals surface area contributed by atoms with Crippen LogP contribution in [0.4, 0.5) is 0 Å². The Hall–Kier alpha value is -1.62. The standard InChI is InChI=1S/C11H16N4O/c1-3-9-8(7-15(2)14-9)10-6-13-11(16-10)4-5-12/h6-7H,3-5,12H2,1-2H3. The number of rotatable bonds is 4. The number of aryl methyl sites for hydroxylation is 2. The number of oxazole rings is 1. The molecule has 0 saturated carbocycles. The lowest BCUT2D eigenvalue weighted by atomic mass is 10.2. The smallest absolute Gasteiger partial charge is 0.196 e. The van der Waals surface area contributed by atoms with Gasteiger partial charge in [0.05, 0.1) is 17.5 Å². The third kappa shape index (κ3) is 1.99. The predicted molar refractivity (Wildman–Crippen MR) is 60.8 cm³/mol. The van der Waals surface area contributed by atoms with E-state index in [9.17, 15) is 0 Å². The summed E-state index contributed by atoms with van der Waals surface area (Å²) in [6.07, 6.45) is 5.23. The van der Waals surface area contributed by atoms with Gasteiger partial charge >= 0.3 is 0 Å². The first-order chi connectivity index (χ1) is 7.74. The molecule has 5 nitrogen and oxygen atoms in total. The second kappa shape index (κ2) is 4.49. The Morgan fingerprint density at radius 1 is 1.50 bits per heavy atom. The molecule has 2 heterocycles. The maximum absolute atomic E-state index is 5.62. The molecule has 16 heavy (non-hydrogen) atoms. The van der Waals surface area contributed by atoms with Crippen LogP contribution in [-0.2, 0) is 19.9 Å². The van der Waals surface area contributed by atoms with Gasteiger partial charge in [0.2, 0.25) is 0 Å². The monoisotopic (exact) mass is 220 g/mol. The van der Waals surface area contributed by atoms with Crippen LogP contribution in [0.5, 0.6) is 0 Å². The molecular formula is C11H16N4O. The molecule has 2 N–H and O–H groups in total. The molecule has 2 rings (SSSR count). The van der Waals surface area contributed by atoms with Crippen molar-refractivity contribution < 1.29 is 4.42 Å². The van der Waals surface area contributed by atoms with Crippen LogP contribution in [0.15, 0.2) is 16.8 Å². The summed E-state index contributed by atoms with van der Waals surface area (Å²) in [5, 5.41) is 4.36. The van der Waals surface area contributed by atoms with E-state index in [0.717, 1.165) is 23.4 Å². The van der Waals surface area contributed by atoms with Crippen LogP contribution in [-0.4, -0.2) is 21.3 Å². The fraction of sp³-hybridized carbons (Fsp3) is 0.455. The van der Waals surface area contributed by atoms with Gasteiger partial charge in [0.25, 0.3) is 0 Å². The minimum atomic E-state index is 0.549. The van der Waals surface area contributed by atoms with E-state index in [2.05, 4.69) is 17.0 Å². The molecule has 0 bridgehead atoms. The van der Waals surface area contributed by atoms with Crippen molar-refractivity contribution >= 4 is 0 Å². The summed E-state index contributed by atoms with van der Waals surface area (Å²) in [4.78, 5) is 4.18. The molecule has 0 amide bonds. The predicted octanol–water partition coefficient (Wildman–Crippen LogP) is 1.14. The Labute approximate surface area is 94.3 Å². The van der Waals surface area contributed by atoms with Gasteiger partial charge in [-0.15, -0.1) is 0 Å². The van der Waals surface area contributed by atoms with Crippen molar-refractivity contribution in [1.82, 2.24) is 14.8 Å². The van der Waals surface area contributed by atoms with Crippen LogP contribution >= 0.6 is 0 Å². The van der Waals surface area contributed by atoms with Crippen LogP contribution in [0.1, 0.15) is 18.5 Å². The van der Waals surface area contributed by atoms with E-state index in [1.54, 1.807) is 10.9 Å². The third-order valence-corrected chi connectivity index (χ3v) is 2.42. The lowest BCUT2D eigenvalue weighted by Crippen LogP contribution is -2.02. The van der Waals surface area contributed by atoms with E-state index in [1.807, 2.05) is 13.2 Å². The summed E-state index contributed by atoms with van der Waals surface area (Å²) in [7, 11) is 1.90. The van der Waals surface area contributed by atoms with Crippen molar-refractivity contribution in [2.75, 3.05) is 6.54 Å². The highest BCUT2D eigenvalue weighted by Gasteiger charge is 2.12. The van der Waals surface area contributed by atoms with Crippen molar-refractivity contribution in [2.24, 2.45) is 12.8 Å². The van der Waals surface area contributed by atoms with Gasteiger partial charge in [-0.05, 0) is 6.42 Å². The third-order valence-electron chi connectivity index (χ3n) is 2.42. The van der Waals surface area contributed by atoms with E-state index >= 15 is 0 Å². The summed E-state index contributed by atoms with van der Waals surface area (Å²) >= 11 is 0. The molecule has 0 aliphatic heterocycles. The molecule has 0 aliphatic rings. The van der Waals surface area contributed by atoms with Crippen molar-refractivity contribution in [3.05, 3.63) is 24.0 Å².